The van der Waals surface area contributed by atoms with Gasteiger partial charge in [-0.2, -0.15) is 4.98 Å². The smallest absolute Gasteiger partial charge is 0.259 e. The van der Waals surface area contributed by atoms with Crippen molar-refractivity contribution in [3.05, 3.63) is 77.4 Å². The van der Waals surface area contributed by atoms with Crippen LogP contribution in [-0.2, 0) is 11.4 Å². The molecular weight excluding hydrogens is 398 g/mol. The van der Waals surface area contributed by atoms with Gasteiger partial charge in [0.25, 0.3) is 5.91 Å². The van der Waals surface area contributed by atoms with E-state index in [-0.39, 0.29) is 24.9 Å². The first-order chi connectivity index (χ1) is 14.9. The van der Waals surface area contributed by atoms with E-state index in [4.69, 9.17) is 14.0 Å². The quantitative estimate of drug-likeness (QED) is 0.386. The number of carbonyl (C=O) groups excluding carboxylic acids is 2. The number of amides is 1. The lowest BCUT2D eigenvalue weighted by molar-refractivity contribution is -0.130. The monoisotopic (exact) mass is 421 g/mol. The number of allylic oxidation sites excluding steroid dienone is 1. The number of benzene rings is 2. The van der Waals surface area contributed by atoms with Gasteiger partial charge >= 0.3 is 0 Å². The highest BCUT2D eigenvalue weighted by molar-refractivity contribution is 6.06. The molecule has 2 aromatic carbocycles. The molecule has 3 aromatic rings. The molecule has 0 saturated heterocycles. The summed E-state index contributed by atoms with van der Waals surface area (Å²) in [7, 11) is 3.33. The van der Waals surface area contributed by atoms with Crippen molar-refractivity contribution in [2.45, 2.75) is 13.5 Å². The molecule has 31 heavy (non-hydrogen) atoms. The Hall–Kier alpha value is -3.94. The van der Waals surface area contributed by atoms with Gasteiger partial charge in [0.05, 0.1) is 0 Å². The molecule has 8 nitrogen and oxygen atoms in total. The number of hydrogen-bond donors (Lipinski definition) is 0. The van der Waals surface area contributed by atoms with Crippen molar-refractivity contribution in [2.75, 3.05) is 20.7 Å². The van der Waals surface area contributed by atoms with Crippen LogP contribution in [-0.4, -0.2) is 47.4 Å². The number of nitrogens with zero attached hydrogens (tertiary/aromatic N) is 3. The second-order valence-electron chi connectivity index (χ2n) is 6.89. The topological polar surface area (TPSA) is 94.8 Å². The molecule has 3 rings (SSSR count). The molecule has 0 saturated carbocycles. The minimum atomic E-state index is -0.135. The Morgan fingerprint density at radius 1 is 1.00 bits per heavy atom. The van der Waals surface area contributed by atoms with Crippen LogP contribution in [0.5, 0.6) is 11.5 Å². The van der Waals surface area contributed by atoms with Gasteiger partial charge < -0.3 is 18.9 Å². The van der Waals surface area contributed by atoms with Gasteiger partial charge in [0.15, 0.2) is 19.0 Å². The Labute approximate surface area is 180 Å². The van der Waals surface area contributed by atoms with Crippen molar-refractivity contribution in [3.63, 3.8) is 0 Å². The zero-order valence-electron chi connectivity index (χ0n) is 17.6. The number of carbonyl (C=O) groups is 2. The van der Waals surface area contributed by atoms with Gasteiger partial charge in [-0.1, -0.05) is 23.4 Å². The number of aromatic nitrogens is 2. The van der Waals surface area contributed by atoms with Crippen LogP contribution < -0.4 is 9.47 Å². The minimum absolute atomic E-state index is 0.0470. The van der Waals surface area contributed by atoms with Crippen LogP contribution in [0.15, 0.2) is 59.1 Å². The molecule has 160 valence electrons. The summed E-state index contributed by atoms with van der Waals surface area (Å²) in [6.07, 6.45) is 3.23. The van der Waals surface area contributed by atoms with Gasteiger partial charge in [0.2, 0.25) is 11.7 Å². The molecule has 0 atom stereocenters. The molecule has 1 aromatic heterocycles. The van der Waals surface area contributed by atoms with Gasteiger partial charge in [-0.05, 0) is 48.0 Å². The van der Waals surface area contributed by atoms with E-state index in [0.29, 0.717) is 28.8 Å². The molecule has 1 amide bonds. The summed E-state index contributed by atoms with van der Waals surface area (Å²) in [6.45, 7) is 1.89. The summed E-state index contributed by atoms with van der Waals surface area (Å²) in [5.74, 6) is 1.89. The zero-order valence-corrected chi connectivity index (χ0v) is 17.6. The van der Waals surface area contributed by atoms with Crippen molar-refractivity contribution in [2.24, 2.45) is 0 Å². The Balaban J connectivity index is 1.51. The fraction of sp³-hybridized carbons (Fsp3) is 0.217. The fourth-order valence-electron chi connectivity index (χ4n) is 2.48. The van der Waals surface area contributed by atoms with Crippen LogP contribution in [0.2, 0.25) is 0 Å². The fourth-order valence-corrected chi connectivity index (χ4v) is 2.48. The molecule has 0 aliphatic rings. The van der Waals surface area contributed by atoms with Gasteiger partial charge in [-0.3, -0.25) is 9.59 Å². The highest BCUT2D eigenvalue weighted by Crippen LogP contribution is 2.16. The lowest BCUT2D eigenvalue weighted by atomic mass is 10.1. The molecule has 0 bridgehead atoms. The third-order valence-corrected chi connectivity index (χ3v) is 4.24. The molecule has 0 unspecified atom stereocenters. The lowest BCUT2D eigenvalue weighted by Gasteiger charge is -2.11. The van der Waals surface area contributed by atoms with E-state index in [1.165, 1.54) is 11.0 Å². The van der Waals surface area contributed by atoms with E-state index in [2.05, 4.69) is 10.1 Å². The zero-order chi connectivity index (χ0) is 22.2. The van der Waals surface area contributed by atoms with Crippen LogP contribution in [0.25, 0.3) is 6.08 Å². The van der Waals surface area contributed by atoms with E-state index in [1.807, 2.05) is 12.1 Å². The molecule has 0 aliphatic carbocycles. The molecule has 0 aliphatic heterocycles. The first-order valence-corrected chi connectivity index (χ1v) is 9.58. The molecule has 0 spiro atoms. The van der Waals surface area contributed by atoms with Crippen LogP contribution in [0.1, 0.15) is 27.6 Å². The van der Waals surface area contributed by atoms with Crippen molar-refractivity contribution in [3.8, 4) is 11.5 Å². The number of aryl methyl sites for hydroxylation is 1. The summed E-state index contributed by atoms with van der Waals surface area (Å²) >= 11 is 0. The van der Waals surface area contributed by atoms with E-state index in [9.17, 15) is 9.59 Å². The van der Waals surface area contributed by atoms with Gasteiger partial charge in [0, 0.05) is 26.6 Å². The van der Waals surface area contributed by atoms with Crippen LogP contribution >= 0.6 is 0 Å². The maximum atomic E-state index is 12.4. The summed E-state index contributed by atoms with van der Waals surface area (Å²) in [5, 5.41) is 3.77. The van der Waals surface area contributed by atoms with Gasteiger partial charge in [-0.25, -0.2) is 0 Å². The van der Waals surface area contributed by atoms with E-state index in [0.717, 1.165) is 5.56 Å². The highest BCUT2D eigenvalue weighted by Gasteiger charge is 2.07. The summed E-state index contributed by atoms with van der Waals surface area (Å²) in [6, 6.07) is 14.0. The highest BCUT2D eigenvalue weighted by atomic mass is 16.5. The van der Waals surface area contributed by atoms with Crippen molar-refractivity contribution in [1.29, 1.82) is 0 Å². The Bertz CT molecular complexity index is 1050. The number of hydrogen-bond acceptors (Lipinski definition) is 7. The third-order valence-electron chi connectivity index (χ3n) is 4.24. The summed E-state index contributed by atoms with van der Waals surface area (Å²) in [5.41, 5.74) is 1.39. The van der Waals surface area contributed by atoms with Crippen molar-refractivity contribution in [1.82, 2.24) is 15.0 Å². The average Bonchev–Trinajstić information content (AvgIpc) is 3.20. The molecule has 0 radical (unpaired) electrons. The molecular formula is C23H23N3O5. The Kier molecular flexibility index (Phi) is 7.16. The van der Waals surface area contributed by atoms with Crippen molar-refractivity contribution < 1.29 is 23.6 Å². The second kappa shape index (κ2) is 10.2. The summed E-state index contributed by atoms with van der Waals surface area (Å²) < 4.78 is 15.9. The molecule has 8 heteroatoms. The normalized spacial score (nSPS) is 10.8. The first kappa shape index (κ1) is 21.8. The molecule has 0 fully saturated rings. The van der Waals surface area contributed by atoms with Gasteiger partial charge in [0.1, 0.15) is 11.5 Å². The largest absolute Gasteiger partial charge is 0.485 e. The molecule has 0 N–H and O–H groups in total. The van der Waals surface area contributed by atoms with Crippen LogP contribution in [0.4, 0.5) is 0 Å². The lowest BCUT2D eigenvalue weighted by Crippen LogP contribution is -2.27. The Morgan fingerprint density at radius 2 is 1.65 bits per heavy atom. The van der Waals surface area contributed by atoms with Crippen molar-refractivity contribution >= 4 is 17.8 Å². The van der Waals surface area contributed by atoms with E-state index < -0.39 is 0 Å². The van der Waals surface area contributed by atoms with Crippen LogP contribution in [0.3, 0.4) is 0 Å². The maximum absolute atomic E-state index is 12.4. The minimum Gasteiger partial charge on any atom is -0.485 e. The number of ether oxygens (including phenoxy) is 2. The van der Waals surface area contributed by atoms with E-state index >= 15 is 0 Å². The standard InChI is InChI=1S/C23H23N3O5/c1-16-24-22(25-31-16)14-29-19-9-4-17(5-10-19)6-13-21(27)18-7-11-20(12-8-18)30-15-23(28)26(2)3/h4-13H,14-15H2,1-3H3/b13-6+. The SMILES string of the molecule is Cc1nc(COc2ccc(/C=C/C(=O)c3ccc(OCC(=O)N(C)C)cc3)cc2)no1. The number of likely N-dealkylation sites (N-methyl/N-ethyl adjacent to an activating group) is 1. The maximum Gasteiger partial charge on any atom is 0.259 e. The first-order valence-electron chi connectivity index (χ1n) is 9.58. The van der Waals surface area contributed by atoms with Crippen LogP contribution in [0, 0.1) is 6.92 Å². The predicted molar refractivity (Wildman–Crippen MR) is 114 cm³/mol. The predicted octanol–water partition coefficient (Wildman–Crippen LogP) is 3.32. The number of rotatable bonds is 9. The third kappa shape index (κ3) is 6.53. The van der Waals surface area contributed by atoms with E-state index in [1.54, 1.807) is 63.5 Å². The molecule has 1 heterocycles. The summed E-state index contributed by atoms with van der Waals surface area (Å²) in [4.78, 5) is 29.5. The number of ketones is 1. The average molecular weight is 421 g/mol. The second-order valence-corrected chi connectivity index (χ2v) is 6.89. The van der Waals surface area contributed by atoms with Gasteiger partial charge in [-0.15, -0.1) is 0 Å². The Morgan fingerprint density at radius 3 is 2.26 bits per heavy atom.